The van der Waals surface area contributed by atoms with Crippen LogP contribution in [0.5, 0.6) is 23.0 Å². The number of methoxy groups -OCH3 is 3. The van der Waals surface area contributed by atoms with E-state index in [-0.39, 0.29) is 12.5 Å². The van der Waals surface area contributed by atoms with E-state index in [1.807, 2.05) is 30.3 Å². The van der Waals surface area contributed by atoms with E-state index in [0.29, 0.717) is 42.3 Å². The lowest BCUT2D eigenvalue weighted by molar-refractivity contribution is -0.159. The second-order valence-electron chi connectivity index (χ2n) is 7.14. The molecular weight excluding hydrogens is 450 g/mol. The van der Waals surface area contributed by atoms with Crippen LogP contribution >= 0.6 is 0 Å². The van der Waals surface area contributed by atoms with Gasteiger partial charge in [0, 0.05) is 24.1 Å². The first-order valence-electron chi connectivity index (χ1n) is 10.2. The molecule has 0 saturated heterocycles. The van der Waals surface area contributed by atoms with E-state index in [9.17, 15) is 9.90 Å². The van der Waals surface area contributed by atoms with E-state index in [4.69, 9.17) is 38.7 Å². The van der Waals surface area contributed by atoms with Gasteiger partial charge in [-0.25, -0.2) is 9.59 Å². The predicted octanol–water partition coefficient (Wildman–Crippen LogP) is 1.74. The number of nitrogens with one attached hydrogen (secondary N) is 1. The SMILES string of the molecule is COc1cc(CC(O)COc2cccc3c2CCC(=O)N3)cc(OC)c1OC.O=C(O)C(=O)O. The number of hydrogen-bond donors (Lipinski definition) is 4. The number of carbonyl (C=O) groups is 3. The number of fused-ring (bicyclic) bond motifs is 1. The third-order valence-electron chi connectivity index (χ3n) is 4.82. The van der Waals surface area contributed by atoms with Crippen LogP contribution in [0.3, 0.4) is 0 Å². The lowest BCUT2D eigenvalue weighted by Crippen LogP contribution is -2.23. The molecule has 2 aromatic rings. The topological polar surface area (TPSA) is 161 Å². The summed E-state index contributed by atoms with van der Waals surface area (Å²) in [4.78, 5) is 29.7. The number of carboxylic acid groups (broad SMARTS) is 2. The summed E-state index contributed by atoms with van der Waals surface area (Å²) in [6.07, 6.45) is 0.696. The third-order valence-corrected chi connectivity index (χ3v) is 4.82. The summed E-state index contributed by atoms with van der Waals surface area (Å²) in [7, 11) is 4.65. The Morgan fingerprint density at radius 1 is 0.971 bits per heavy atom. The summed E-state index contributed by atoms with van der Waals surface area (Å²) < 4.78 is 21.9. The van der Waals surface area contributed by atoms with E-state index in [1.54, 1.807) is 21.3 Å². The van der Waals surface area contributed by atoms with E-state index < -0.39 is 18.0 Å². The van der Waals surface area contributed by atoms with Crippen LogP contribution in [0.25, 0.3) is 0 Å². The first-order valence-corrected chi connectivity index (χ1v) is 10.2. The molecule has 4 N–H and O–H groups in total. The minimum absolute atomic E-state index is 0.00656. The number of benzene rings is 2. The maximum absolute atomic E-state index is 11.5. The average Bonchev–Trinajstić information content (AvgIpc) is 2.82. The van der Waals surface area contributed by atoms with Gasteiger partial charge in [-0.15, -0.1) is 0 Å². The molecular formula is C23H27NO10. The minimum atomic E-state index is -1.82. The number of aliphatic carboxylic acids is 2. The maximum atomic E-state index is 11.5. The van der Waals surface area contributed by atoms with Gasteiger partial charge in [-0.3, -0.25) is 4.79 Å². The molecule has 0 radical (unpaired) electrons. The van der Waals surface area contributed by atoms with E-state index in [1.165, 1.54) is 0 Å². The zero-order chi connectivity index (χ0) is 25.3. The first-order chi connectivity index (χ1) is 16.2. The largest absolute Gasteiger partial charge is 0.493 e. The summed E-state index contributed by atoms with van der Waals surface area (Å²) >= 11 is 0. The molecule has 2 aromatic carbocycles. The second kappa shape index (κ2) is 12.3. The standard InChI is InChI=1S/C21H25NO6.C2H2O4/c1-25-18-10-13(11-19(26-2)21(18)27-3)9-14(23)12-28-17-6-4-5-16-15(17)7-8-20(24)22-16;3-1(4)2(5)6/h4-6,10-11,14,23H,7-9,12H2,1-3H3,(H,22,24);(H,3,4)(H,5,6). The summed E-state index contributed by atoms with van der Waals surface area (Å²) in [5.74, 6) is -1.37. The number of carbonyl (C=O) groups excluding carboxylic acids is 1. The van der Waals surface area contributed by atoms with Crippen molar-refractivity contribution in [3.05, 3.63) is 41.5 Å². The minimum Gasteiger partial charge on any atom is -0.493 e. The van der Waals surface area contributed by atoms with Crippen molar-refractivity contribution < 1.29 is 48.7 Å². The molecule has 0 aromatic heterocycles. The molecule has 0 aliphatic carbocycles. The molecule has 184 valence electrons. The maximum Gasteiger partial charge on any atom is 0.414 e. The Balaban J connectivity index is 0.000000604. The van der Waals surface area contributed by atoms with Crippen molar-refractivity contribution in [1.29, 1.82) is 0 Å². The Morgan fingerprint density at radius 2 is 1.59 bits per heavy atom. The Hall–Kier alpha value is -3.99. The van der Waals surface area contributed by atoms with Gasteiger partial charge < -0.3 is 39.6 Å². The molecule has 1 heterocycles. The van der Waals surface area contributed by atoms with Gasteiger partial charge in [0.15, 0.2) is 11.5 Å². The highest BCUT2D eigenvalue weighted by atomic mass is 16.5. The number of hydrogen-bond acceptors (Lipinski definition) is 8. The van der Waals surface area contributed by atoms with Crippen LogP contribution in [-0.4, -0.2) is 67.2 Å². The van der Waals surface area contributed by atoms with Crippen LogP contribution in [0.4, 0.5) is 5.69 Å². The number of aliphatic hydroxyl groups is 1. The van der Waals surface area contributed by atoms with Gasteiger partial charge in [0.2, 0.25) is 11.7 Å². The summed E-state index contributed by atoms with van der Waals surface area (Å²) in [6, 6.07) is 9.15. The van der Waals surface area contributed by atoms with E-state index >= 15 is 0 Å². The average molecular weight is 477 g/mol. The van der Waals surface area contributed by atoms with Crippen molar-refractivity contribution in [2.75, 3.05) is 33.3 Å². The molecule has 0 bridgehead atoms. The molecule has 1 atom stereocenters. The van der Waals surface area contributed by atoms with Crippen molar-refractivity contribution in [2.45, 2.75) is 25.4 Å². The molecule has 1 amide bonds. The van der Waals surface area contributed by atoms with Crippen molar-refractivity contribution in [3.8, 4) is 23.0 Å². The molecule has 3 rings (SSSR count). The van der Waals surface area contributed by atoms with Gasteiger partial charge >= 0.3 is 11.9 Å². The molecule has 1 aliphatic heterocycles. The lowest BCUT2D eigenvalue weighted by atomic mass is 10.0. The van der Waals surface area contributed by atoms with Gasteiger partial charge in [0.05, 0.1) is 27.4 Å². The van der Waals surface area contributed by atoms with Crippen LogP contribution in [0, 0.1) is 0 Å². The van der Waals surface area contributed by atoms with Gasteiger partial charge in [-0.1, -0.05) is 6.07 Å². The zero-order valence-electron chi connectivity index (χ0n) is 19.0. The Labute approximate surface area is 195 Å². The number of ether oxygens (including phenoxy) is 4. The van der Waals surface area contributed by atoms with Crippen LogP contribution in [-0.2, 0) is 27.2 Å². The molecule has 0 fully saturated rings. The molecule has 34 heavy (non-hydrogen) atoms. The van der Waals surface area contributed by atoms with Gasteiger partial charge in [0.1, 0.15) is 12.4 Å². The first kappa shape index (κ1) is 26.3. The zero-order valence-corrected chi connectivity index (χ0v) is 19.0. The molecule has 11 heteroatoms. The molecule has 0 saturated carbocycles. The van der Waals surface area contributed by atoms with E-state index in [2.05, 4.69) is 5.32 Å². The fourth-order valence-corrected chi connectivity index (χ4v) is 3.30. The van der Waals surface area contributed by atoms with Gasteiger partial charge in [-0.05, 0) is 36.2 Å². The Morgan fingerprint density at radius 3 is 2.12 bits per heavy atom. The highest BCUT2D eigenvalue weighted by Crippen LogP contribution is 2.38. The predicted molar refractivity (Wildman–Crippen MR) is 120 cm³/mol. The van der Waals surface area contributed by atoms with E-state index in [0.717, 1.165) is 16.8 Å². The van der Waals surface area contributed by atoms with Gasteiger partial charge in [0.25, 0.3) is 0 Å². The third kappa shape index (κ3) is 7.01. The summed E-state index contributed by atoms with van der Waals surface area (Å²) in [5, 5.41) is 28.1. The highest BCUT2D eigenvalue weighted by Gasteiger charge is 2.20. The number of amides is 1. The van der Waals surface area contributed by atoms with Crippen molar-refractivity contribution in [1.82, 2.24) is 0 Å². The number of rotatable bonds is 8. The fraction of sp³-hybridized carbons (Fsp3) is 0.348. The molecule has 1 aliphatic rings. The molecule has 1 unspecified atom stereocenters. The second-order valence-corrected chi connectivity index (χ2v) is 7.14. The summed E-state index contributed by atoms with van der Waals surface area (Å²) in [5.41, 5.74) is 2.57. The Bertz CT molecular complexity index is 999. The smallest absolute Gasteiger partial charge is 0.414 e. The monoisotopic (exact) mass is 477 g/mol. The van der Waals surface area contributed by atoms with Crippen molar-refractivity contribution in [3.63, 3.8) is 0 Å². The fourth-order valence-electron chi connectivity index (χ4n) is 3.30. The molecule has 11 nitrogen and oxygen atoms in total. The summed E-state index contributed by atoms with van der Waals surface area (Å²) in [6.45, 7) is 0.126. The quantitative estimate of drug-likeness (QED) is 0.412. The van der Waals surface area contributed by atoms with Crippen LogP contribution in [0.1, 0.15) is 17.5 Å². The number of aliphatic hydroxyl groups excluding tert-OH is 1. The number of carboxylic acids is 2. The molecule has 0 spiro atoms. The van der Waals surface area contributed by atoms with Crippen LogP contribution in [0.2, 0.25) is 0 Å². The number of anilines is 1. The van der Waals surface area contributed by atoms with Gasteiger partial charge in [-0.2, -0.15) is 0 Å². The highest BCUT2D eigenvalue weighted by molar-refractivity contribution is 6.27. The van der Waals surface area contributed by atoms with Crippen molar-refractivity contribution >= 4 is 23.5 Å². The van der Waals surface area contributed by atoms with Crippen LogP contribution < -0.4 is 24.3 Å². The normalized spacial score (nSPS) is 12.8. The van der Waals surface area contributed by atoms with Crippen LogP contribution in [0.15, 0.2) is 30.3 Å². The Kier molecular flexibility index (Phi) is 9.50. The lowest BCUT2D eigenvalue weighted by Gasteiger charge is -2.21. The van der Waals surface area contributed by atoms with Crippen molar-refractivity contribution in [2.24, 2.45) is 0 Å².